The minimum Gasteiger partial charge on any atom is -0.395 e. The van der Waals surface area contributed by atoms with Gasteiger partial charge in [-0.25, -0.2) is 0 Å². The number of aliphatic hydroxyl groups is 1. The molecule has 0 saturated carbocycles. The Labute approximate surface area is 67.2 Å². The average Bonchev–Trinajstić information content (AvgIpc) is 1.87. The van der Waals surface area contributed by atoms with Crippen molar-refractivity contribution in [3.05, 3.63) is 0 Å². The van der Waals surface area contributed by atoms with E-state index in [1.54, 1.807) is 0 Å². The van der Waals surface area contributed by atoms with Crippen LogP contribution in [0.4, 0.5) is 0 Å². The molecule has 1 unspecified atom stereocenters. The van der Waals surface area contributed by atoms with Gasteiger partial charge in [0, 0.05) is 6.04 Å². The zero-order chi connectivity index (χ0) is 7.98. The highest BCUT2D eigenvalue weighted by atomic mass is 32.2. The maximum Gasteiger partial charge on any atom is 0.0582 e. The van der Waals surface area contributed by atoms with Gasteiger partial charge in [0.25, 0.3) is 0 Å². The standard InChI is InChI=1S/C7H17NOS/c1-6(2)10-4-3-7(8)5-9/h6-7,9H,3-5,8H2,1-2H3. The smallest absolute Gasteiger partial charge is 0.0582 e. The summed E-state index contributed by atoms with van der Waals surface area (Å²) >= 11 is 1.88. The molecule has 0 rings (SSSR count). The van der Waals surface area contributed by atoms with Gasteiger partial charge in [-0.3, -0.25) is 0 Å². The van der Waals surface area contributed by atoms with Gasteiger partial charge in [-0.05, 0) is 17.4 Å². The quantitative estimate of drug-likeness (QED) is 0.631. The number of hydrogen-bond donors (Lipinski definition) is 2. The molecule has 0 bridgehead atoms. The first kappa shape index (κ1) is 10.3. The van der Waals surface area contributed by atoms with Crippen molar-refractivity contribution in [3.8, 4) is 0 Å². The molecule has 0 aromatic carbocycles. The number of hydrogen-bond acceptors (Lipinski definition) is 3. The number of nitrogens with two attached hydrogens (primary N) is 1. The Balaban J connectivity index is 3.03. The Morgan fingerprint density at radius 2 is 2.10 bits per heavy atom. The minimum absolute atomic E-state index is 0.0220. The molecule has 10 heavy (non-hydrogen) atoms. The van der Waals surface area contributed by atoms with E-state index in [1.807, 2.05) is 11.8 Å². The molecule has 2 nitrogen and oxygen atoms in total. The molecule has 0 aromatic heterocycles. The lowest BCUT2D eigenvalue weighted by Crippen LogP contribution is -2.24. The van der Waals surface area contributed by atoms with E-state index in [1.165, 1.54) is 0 Å². The second kappa shape index (κ2) is 6.01. The van der Waals surface area contributed by atoms with Crippen LogP contribution >= 0.6 is 11.8 Å². The predicted octanol–water partition coefficient (Wildman–Crippen LogP) is 0.838. The SMILES string of the molecule is CC(C)SCCC(N)CO. The van der Waals surface area contributed by atoms with E-state index in [9.17, 15) is 0 Å². The van der Waals surface area contributed by atoms with Gasteiger partial charge >= 0.3 is 0 Å². The Kier molecular flexibility index (Phi) is 6.17. The largest absolute Gasteiger partial charge is 0.395 e. The zero-order valence-electron chi connectivity index (χ0n) is 6.71. The Bertz CT molecular complexity index is 78.0. The summed E-state index contributed by atoms with van der Waals surface area (Å²) in [6.45, 7) is 4.43. The molecule has 0 heterocycles. The molecule has 1 atom stereocenters. The van der Waals surface area contributed by atoms with Crippen molar-refractivity contribution in [2.75, 3.05) is 12.4 Å². The van der Waals surface area contributed by atoms with Crippen LogP contribution in [-0.4, -0.2) is 28.8 Å². The molecule has 0 saturated heterocycles. The van der Waals surface area contributed by atoms with E-state index in [-0.39, 0.29) is 12.6 Å². The van der Waals surface area contributed by atoms with Crippen molar-refractivity contribution in [3.63, 3.8) is 0 Å². The Morgan fingerprint density at radius 1 is 1.50 bits per heavy atom. The topological polar surface area (TPSA) is 46.2 Å². The second-order valence-electron chi connectivity index (χ2n) is 2.65. The Hall–Kier alpha value is 0.270. The van der Waals surface area contributed by atoms with Crippen molar-refractivity contribution >= 4 is 11.8 Å². The molecule has 0 amide bonds. The van der Waals surface area contributed by atoms with E-state index in [4.69, 9.17) is 10.8 Å². The van der Waals surface area contributed by atoms with E-state index in [0.29, 0.717) is 5.25 Å². The fourth-order valence-electron chi connectivity index (χ4n) is 0.546. The van der Waals surface area contributed by atoms with Gasteiger partial charge in [0.15, 0.2) is 0 Å². The fraction of sp³-hybridized carbons (Fsp3) is 1.00. The van der Waals surface area contributed by atoms with Gasteiger partial charge in [0.1, 0.15) is 0 Å². The summed E-state index contributed by atoms with van der Waals surface area (Å²) in [7, 11) is 0. The fourth-order valence-corrected chi connectivity index (χ4v) is 1.46. The van der Waals surface area contributed by atoms with Crippen LogP contribution in [0, 0.1) is 0 Å². The van der Waals surface area contributed by atoms with Crippen molar-refractivity contribution < 1.29 is 5.11 Å². The monoisotopic (exact) mass is 163 g/mol. The summed E-state index contributed by atoms with van der Waals surface area (Å²) in [6.07, 6.45) is 0.916. The first-order valence-corrected chi connectivity index (χ1v) is 4.69. The summed E-state index contributed by atoms with van der Waals surface area (Å²) < 4.78 is 0. The van der Waals surface area contributed by atoms with Crippen molar-refractivity contribution in [1.29, 1.82) is 0 Å². The molecule has 0 aliphatic heterocycles. The minimum atomic E-state index is -0.0220. The van der Waals surface area contributed by atoms with E-state index >= 15 is 0 Å². The lowest BCUT2D eigenvalue weighted by molar-refractivity contribution is 0.264. The molecule has 0 aliphatic rings. The number of thioether (sulfide) groups is 1. The third-order valence-corrected chi connectivity index (χ3v) is 2.31. The number of rotatable bonds is 5. The van der Waals surface area contributed by atoms with Crippen LogP contribution in [0.3, 0.4) is 0 Å². The van der Waals surface area contributed by atoms with E-state index < -0.39 is 0 Å². The molecule has 62 valence electrons. The van der Waals surface area contributed by atoms with Crippen molar-refractivity contribution in [2.45, 2.75) is 31.6 Å². The predicted molar refractivity (Wildman–Crippen MR) is 47.3 cm³/mol. The third-order valence-electron chi connectivity index (χ3n) is 1.17. The molecule has 0 aliphatic carbocycles. The highest BCUT2D eigenvalue weighted by Crippen LogP contribution is 2.10. The van der Waals surface area contributed by atoms with E-state index in [2.05, 4.69) is 13.8 Å². The zero-order valence-corrected chi connectivity index (χ0v) is 7.53. The molecule has 0 radical (unpaired) electrons. The van der Waals surface area contributed by atoms with Gasteiger partial charge in [0.05, 0.1) is 6.61 Å². The van der Waals surface area contributed by atoms with Crippen LogP contribution in [0.5, 0.6) is 0 Å². The summed E-state index contributed by atoms with van der Waals surface area (Å²) in [5, 5.41) is 9.24. The lowest BCUT2D eigenvalue weighted by Gasteiger charge is -2.08. The lowest BCUT2D eigenvalue weighted by atomic mass is 10.3. The van der Waals surface area contributed by atoms with Gasteiger partial charge in [-0.2, -0.15) is 11.8 Å². The highest BCUT2D eigenvalue weighted by molar-refractivity contribution is 7.99. The summed E-state index contributed by atoms with van der Waals surface area (Å²) in [6, 6.07) is -0.0220. The highest BCUT2D eigenvalue weighted by Gasteiger charge is 2.00. The van der Waals surface area contributed by atoms with Gasteiger partial charge < -0.3 is 10.8 Å². The van der Waals surface area contributed by atoms with Crippen LogP contribution in [0.15, 0.2) is 0 Å². The van der Waals surface area contributed by atoms with Crippen LogP contribution in [-0.2, 0) is 0 Å². The summed E-state index contributed by atoms with van der Waals surface area (Å²) in [5.74, 6) is 1.05. The van der Waals surface area contributed by atoms with Gasteiger partial charge in [-0.1, -0.05) is 13.8 Å². The van der Waals surface area contributed by atoms with Crippen LogP contribution in [0.25, 0.3) is 0 Å². The summed E-state index contributed by atoms with van der Waals surface area (Å²) in [5.41, 5.74) is 5.50. The molecule has 0 fully saturated rings. The van der Waals surface area contributed by atoms with Crippen molar-refractivity contribution in [1.82, 2.24) is 0 Å². The second-order valence-corrected chi connectivity index (χ2v) is 4.34. The maximum absolute atomic E-state index is 8.57. The first-order valence-electron chi connectivity index (χ1n) is 3.65. The van der Waals surface area contributed by atoms with Crippen LogP contribution in [0.2, 0.25) is 0 Å². The van der Waals surface area contributed by atoms with Crippen LogP contribution < -0.4 is 5.73 Å². The Morgan fingerprint density at radius 3 is 2.50 bits per heavy atom. The number of aliphatic hydroxyl groups excluding tert-OH is 1. The van der Waals surface area contributed by atoms with Gasteiger partial charge in [-0.15, -0.1) is 0 Å². The maximum atomic E-state index is 8.57. The first-order chi connectivity index (χ1) is 4.66. The molecular formula is C7H17NOS. The molecule has 3 heteroatoms. The molecule has 0 spiro atoms. The van der Waals surface area contributed by atoms with Crippen LogP contribution in [0.1, 0.15) is 20.3 Å². The van der Waals surface area contributed by atoms with E-state index in [0.717, 1.165) is 12.2 Å². The molecular weight excluding hydrogens is 146 g/mol. The molecule has 0 aromatic rings. The normalized spacial score (nSPS) is 14.1. The third kappa shape index (κ3) is 6.39. The molecule has 3 N–H and O–H groups in total. The van der Waals surface area contributed by atoms with Gasteiger partial charge in [0.2, 0.25) is 0 Å². The van der Waals surface area contributed by atoms with Crippen molar-refractivity contribution in [2.24, 2.45) is 5.73 Å². The average molecular weight is 163 g/mol. The summed E-state index contributed by atoms with van der Waals surface area (Å²) in [4.78, 5) is 0.